The summed E-state index contributed by atoms with van der Waals surface area (Å²) >= 11 is 0. The van der Waals surface area contributed by atoms with E-state index in [2.05, 4.69) is 22.5 Å². The Kier molecular flexibility index (Phi) is 6.05. The van der Waals surface area contributed by atoms with E-state index in [0.717, 1.165) is 34.8 Å². The fraction of sp³-hybridized carbons (Fsp3) is 0.182. The van der Waals surface area contributed by atoms with Gasteiger partial charge in [-0.05, 0) is 43.2 Å². The van der Waals surface area contributed by atoms with E-state index in [0.29, 0.717) is 12.2 Å². The first kappa shape index (κ1) is 18.5. The van der Waals surface area contributed by atoms with Crippen LogP contribution in [0.25, 0.3) is 0 Å². The van der Waals surface area contributed by atoms with Crippen LogP contribution in [0.2, 0.25) is 0 Å². The van der Waals surface area contributed by atoms with Gasteiger partial charge in [0.15, 0.2) is 0 Å². The van der Waals surface area contributed by atoms with Gasteiger partial charge in [-0.2, -0.15) is 0 Å². The smallest absolute Gasteiger partial charge is 0.257 e. The van der Waals surface area contributed by atoms with E-state index in [4.69, 9.17) is 4.74 Å². The molecule has 0 spiro atoms. The topological polar surface area (TPSA) is 63.2 Å². The molecule has 0 aliphatic carbocycles. The number of amides is 1. The maximum absolute atomic E-state index is 12.7. The molecule has 3 aromatic rings. The summed E-state index contributed by atoms with van der Waals surface area (Å²) in [6.45, 7) is 4.58. The number of pyridine rings is 1. The largest absolute Gasteiger partial charge is 0.492 e. The highest BCUT2D eigenvalue weighted by molar-refractivity contribution is 6.05. The third-order valence-electron chi connectivity index (χ3n) is 4.11. The summed E-state index contributed by atoms with van der Waals surface area (Å²) < 4.78 is 5.63. The van der Waals surface area contributed by atoms with Crippen molar-refractivity contribution < 1.29 is 9.53 Å². The summed E-state index contributed by atoms with van der Waals surface area (Å²) in [5.41, 5.74) is 3.96. The molecule has 0 saturated heterocycles. The summed E-state index contributed by atoms with van der Waals surface area (Å²) in [5.74, 6) is 0.567. The predicted molar refractivity (Wildman–Crippen MR) is 109 cm³/mol. The Morgan fingerprint density at radius 3 is 2.52 bits per heavy atom. The quantitative estimate of drug-likeness (QED) is 0.619. The van der Waals surface area contributed by atoms with E-state index < -0.39 is 0 Å². The van der Waals surface area contributed by atoms with E-state index in [1.54, 1.807) is 18.5 Å². The summed E-state index contributed by atoms with van der Waals surface area (Å²) in [6, 6.07) is 17.2. The summed E-state index contributed by atoms with van der Waals surface area (Å²) in [5, 5.41) is 6.24. The standard InChI is InChI=1S/C22H23N3O2/c1-3-16-9-5-6-10-19(16)25-22(26)17-13-18(15-23-14-17)24-20-11-7-8-12-21(20)27-4-2/h5-15,24H,3-4H2,1-2H3,(H,25,26). The predicted octanol–water partition coefficient (Wildman–Crippen LogP) is 5.04. The van der Waals surface area contributed by atoms with Crippen LogP contribution in [0.5, 0.6) is 5.75 Å². The molecule has 0 aliphatic rings. The highest BCUT2D eigenvalue weighted by Crippen LogP contribution is 2.27. The fourth-order valence-corrected chi connectivity index (χ4v) is 2.78. The van der Waals surface area contributed by atoms with Gasteiger partial charge in [-0.15, -0.1) is 0 Å². The summed E-state index contributed by atoms with van der Waals surface area (Å²) in [6.07, 6.45) is 4.09. The molecule has 5 nitrogen and oxygen atoms in total. The highest BCUT2D eigenvalue weighted by atomic mass is 16.5. The lowest BCUT2D eigenvalue weighted by Crippen LogP contribution is -2.13. The second-order valence-corrected chi connectivity index (χ2v) is 5.98. The Hall–Kier alpha value is -3.34. The number of nitrogens with one attached hydrogen (secondary N) is 2. The average Bonchev–Trinajstić information content (AvgIpc) is 2.70. The van der Waals surface area contributed by atoms with Crippen molar-refractivity contribution in [3.05, 3.63) is 78.1 Å². The van der Waals surface area contributed by atoms with Crippen LogP contribution in [-0.2, 0) is 6.42 Å². The number of aryl methyl sites for hydroxylation is 1. The van der Waals surface area contributed by atoms with Gasteiger partial charge in [0.1, 0.15) is 5.75 Å². The van der Waals surface area contributed by atoms with Crippen molar-refractivity contribution in [2.24, 2.45) is 0 Å². The minimum absolute atomic E-state index is 0.190. The Labute approximate surface area is 159 Å². The van der Waals surface area contributed by atoms with Crippen molar-refractivity contribution in [3.8, 4) is 5.75 Å². The average molecular weight is 361 g/mol. The van der Waals surface area contributed by atoms with Crippen molar-refractivity contribution in [1.82, 2.24) is 4.98 Å². The van der Waals surface area contributed by atoms with Gasteiger partial charge in [-0.1, -0.05) is 37.3 Å². The Balaban J connectivity index is 1.78. The molecule has 0 atom stereocenters. The van der Waals surface area contributed by atoms with Gasteiger partial charge in [0.2, 0.25) is 0 Å². The molecule has 2 N–H and O–H groups in total. The summed E-state index contributed by atoms with van der Waals surface area (Å²) in [7, 11) is 0. The number of carbonyl (C=O) groups is 1. The number of carbonyl (C=O) groups excluding carboxylic acids is 1. The molecule has 0 bridgehead atoms. The zero-order chi connectivity index (χ0) is 19.1. The van der Waals surface area contributed by atoms with Crippen molar-refractivity contribution in [3.63, 3.8) is 0 Å². The molecule has 0 unspecified atom stereocenters. The third-order valence-corrected chi connectivity index (χ3v) is 4.11. The number of aromatic nitrogens is 1. The molecule has 138 valence electrons. The van der Waals surface area contributed by atoms with Crippen LogP contribution in [-0.4, -0.2) is 17.5 Å². The number of para-hydroxylation sites is 3. The molecule has 0 radical (unpaired) electrons. The lowest BCUT2D eigenvalue weighted by atomic mass is 10.1. The molecule has 0 saturated carbocycles. The number of benzene rings is 2. The van der Waals surface area contributed by atoms with Crippen LogP contribution in [0, 0.1) is 0 Å². The Morgan fingerprint density at radius 2 is 1.74 bits per heavy atom. The molecule has 0 aliphatic heterocycles. The van der Waals surface area contributed by atoms with Crippen LogP contribution < -0.4 is 15.4 Å². The normalized spacial score (nSPS) is 10.3. The molecule has 5 heteroatoms. The van der Waals surface area contributed by atoms with E-state index in [-0.39, 0.29) is 5.91 Å². The Morgan fingerprint density at radius 1 is 1.00 bits per heavy atom. The lowest BCUT2D eigenvalue weighted by molar-refractivity contribution is 0.102. The molecule has 1 aromatic heterocycles. The van der Waals surface area contributed by atoms with E-state index >= 15 is 0 Å². The van der Waals surface area contributed by atoms with Crippen LogP contribution in [0.1, 0.15) is 29.8 Å². The minimum Gasteiger partial charge on any atom is -0.492 e. The van der Waals surface area contributed by atoms with E-state index in [1.165, 1.54) is 0 Å². The maximum atomic E-state index is 12.7. The Bertz CT molecular complexity index is 925. The molecule has 1 heterocycles. The lowest BCUT2D eigenvalue weighted by Gasteiger charge is -2.13. The molecule has 3 rings (SSSR count). The number of hydrogen-bond acceptors (Lipinski definition) is 4. The number of nitrogens with zero attached hydrogens (tertiary/aromatic N) is 1. The third kappa shape index (κ3) is 4.64. The highest BCUT2D eigenvalue weighted by Gasteiger charge is 2.10. The molecular formula is C22H23N3O2. The SMILES string of the molecule is CCOc1ccccc1Nc1cncc(C(=O)Nc2ccccc2CC)c1. The fourth-order valence-electron chi connectivity index (χ4n) is 2.78. The van der Waals surface area contributed by atoms with Crippen molar-refractivity contribution in [2.45, 2.75) is 20.3 Å². The van der Waals surface area contributed by atoms with Gasteiger partial charge in [0, 0.05) is 11.9 Å². The molecular weight excluding hydrogens is 338 g/mol. The van der Waals surface area contributed by atoms with Gasteiger partial charge in [-0.3, -0.25) is 9.78 Å². The van der Waals surface area contributed by atoms with E-state index in [9.17, 15) is 4.79 Å². The zero-order valence-electron chi connectivity index (χ0n) is 15.5. The van der Waals surface area contributed by atoms with Crippen LogP contribution in [0.15, 0.2) is 67.0 Å². The van der Waals surface area contributed by atoms with Gasteiger partial charge < -0.3 is 15.4 Å². The van der Waals surface area contributed by atoms with Crippen molar-refractivity contribution in [1.29, 1.82) is 0 Å². The summed E-state index contributed by atoms with van der Waals surface area (Å²) in [4.78, 5) is 16.9. The molecule has 0 fully saturated rings. The van der Waals surface area contributed by atoms with Gasteiger partial charge >= 0.3 is 0 Å². The van der Waals surface area contributed by atoms with Gasteiger partial charge in [0.25, 0.3) is 5.91 Å². The van der Waals surface area contributed by atoms with Crippen LogP contribution in [0.3, 0.4) is 0 Å². The maximum Gasteiger partial charge on any atom is 0.257 e. The first-order chi connectivity index (χ1) is 13.2. The van der Waals surface area contributed by atoms with Crippen LogP contribution in [0.4, 0.5) is 17.1 Å². The van der Waals surface area contributed by atoms with Gasteiger partial charge in [0.05, 0.1) is 29.7 Å². The monoisotopic (exact) mass is 361 g/mol. The second-order valence-electron chi connectivity index (χ2n) is 5.98. The van der Waals surface area contributed by atoms with Crippen molar-refractivity contribution in [2.75, 3.05) is 17.2 Å². The molecule has 27 heavy (non-hydrogen) atoms. The number of anilines is 3. The first-order valence-corrected chi connectivity index (χ1v) is 9.04. The zero-order valence-corrected chi connectivity index (χ0v) is 15.5. The number of rotatable bonds is 7. The van der Waals surface area contributed by atoms with Crippen LogP contribution >= 0.6 is 0 Å². The number of hydrogen-bond donors (Lipinski definition) is 2. The van der Waals surface area contributed by atoms with Gasteiger partial charge in [-0.25, -0.2) is 0 Å². The minimum atomic E-state index is -0.190. The molecule has 2 aromatic carbocycles. The van der Waals surface area contributed by atoms with Crippen molar-refractivity contribution >= 4 is 23.0 Å². The second kappa shape index (κ2) is 8.85. The first-order valence-electron chi connectivity index (χ1n) is 9.04. The van der Waals surface area contributed by atoms with E-state index in [1.807, 2.05) is 55.5 Å². The molecule has 1 amide bonds. The number of ether oxygens (including phenoxy) is 1.